The van der Waals surface area contributed by atoms with Crippen molar-refractivity contribution in [3.63, 3.8) is 0 Å². The zero-order valence-corrected chi connectivity index (χ0v) is 11.5. The van der Waals surface area contributed by atoms with Gasteiger partial charge in [0.15, 0.2) is 5.69 Å². The largest absolute Gasteiger partial charge is 0.337 e. The molecule has 1 aromatic heterocycles. The van der Waals surface area contributed by atoms with Crippen molar-refractivity contribution in [3.8, 4) is 0 Å². The summed E-state index contributed by atoms with van der Waals surface area (Å²) in [6.45, 7) is 3.80. The van der Waals surface area contributed by atoms with Crippen molar-refractivity contribution in [3.05, 3.63) is 30.0 Å². The van der Waals surface area contributed by atoms with Crippen LogP contribution >= 0.6 is 0 Å². The minimum Gasteiger partial charge on any atom is -0.337 e. The predicted molar refractivity (Wildman–Crippen MR) is 76.5 cm³/mol. The number of carbonyl (C=O) groups excluding carboxylic acids is 1. The molecule has 5 nitrogen and oxygen atoms in total. The normalized spacial score (nSPS) is 25.4. The fourth-order valence-corrected chi connectivity index (χ4v) is 3.54. The van der Waals surface area contributed by atoms with Crippen LogP contribution in [-0.2, 0) is 7.05 Å². The van der Waals surface area contributed by atoms with Crippen LogP contribution in [-0.4, -0.2) is 46.8 Å². The van der Waals surface area contributed by atoms with Gasteiger partial charge in [0, 0.05) is 38.6 Å². The first-order valence-electron chi connectivity index (χ1n) is 7.16. The summed E-state index contributed by atoms with van der Waals surface area (Å²) in [5, 5.41) is 8.79. The molecule has 0 bridgehead atoms. The maximum atomic E-state index is 12.7. The maximum absolute atomic E-state index is 12.7. The zero-order valence-electron chi connectivity index (χ0n) is 11.5. The van der Waals surface area contributed by atoms with E-state index in [-0.39, 0.29) is 5.91 Å². The Balaban J connectivity index is 1.68. The number of fused-ring (bicyclic) bond motifs is 2. The first-order valence-corrected chi connectivity index (χ1v) is 7.16. The van der Waals surface area contributed by atoms with Crippen LogP contribution in [0.25, 0.3) is 10.9 Å². The van der Waals surface area contributed by atoms with Crippen LogP contribution in [0, 0.1) is 11.8 Å². The van der Waals surface area contributed by atoms with Gasteiger partial charge in [0.1, 0.15) is 0 Å². The second kappa shape index (κ2) is 4.31. The molecule has 0 aliphatic carbocycles. The summed E-state index contributed by atoms with van der Waals surface area (Å²) in [5.74, 6) is 1.32. The van der Waals surface area contributed by atoms with Crippen LogP contribution < -0.4 is 5.32 Å². The highest BCUT2D eigenvalue weighted by atomic mass is 16.2. The SMILES string of the molecule is Cn1nc(C(=O)N2C[C@H]3CNC[C@H]3C2)c2ccccc21. The molecule has 2 aromatic rings. The highest BCUT2D eigenvalue weighted by Crippen LogP contribution is 2.28. The van der Waals surface area contributed by atoms with Crippen molar-refractivity contribution in [1.82, 2.24) is 20.0 Å². The third kappa shape index (κ3) is 1.66. The Labute approximate surface area is 117 Å². The number of benzene rings is 1. The number of nitrogens with one attached hydrogen (secondary N) is 1. The molecular formula is C15H18N4O. The van der Waals surface area contributed by atoms with Gasteiger partial charge in [-0.1, -0.05) is 18.2 Å². The number of likely N-dealkylation sites (tertiary alicyclic amines) is 1. The van der Waals surface area contributed by atoms with Gasteiger partial charge in [-0.05, 0) is 17.9 Å². The Morgan fingerprint density at radius 1 is 1.25 bits per heavy atom. The first-order chi connectivity index (χ1) is 9.74. The van der Waals surface area contributed by atoms with Gasteiger partial charge in [-0.15, -0.1) is 0 Å². The van der Waals surface area contributed by atoms with Crippen LogP contribution in [0.5, 0.6) is 0 Å². The van der Waals surface area contributed by atoms with E-state index in [0.29, 0.717) is 17.5 Å². The lowest BCUT2D eigenvalue weighted by atomic mass is 10.0. The molecule has 20 heavy (non-hydrogen) atoms. The maximum Gasteiger partial charge on any atom is 0.275 e. The Bertz CT molecular complexity index is 666. The molecule has 2 fully saturated rings. The summed E-state index contributed by atoms with van der Waals surface area (Å²) in [6.07, 6.45) is 0. The molecule has 1 aromatic carbocycles. The van der Waals surface area contributed by atoms with Gasteiger partial charge in [-0.2, -0.15) is 5.10 Å². The number of hydrogen-bond acceptors (Lipinski definition) is 3. The monoisotopic (exact) mass is 270 g/mol. The lowest BCUT2D eigenvalue weighted by Crippen LogP contribution is -2.32. The summed E-state index contributed by atoms with van der Waals surface area (Å²) in [6, 6.07) is 7.92. The molecule has 0 saturated carbocycles. The van der Waals surface area contributed by atoms with E-state index in [0.717, 1.165) is 37.1 Å². The van der Waals surface area contributed by atoms with Gasteiger partial charge >= 0.3 is 0 Å². The summed E-state index contributed by atoms with van der Waals surface area (Å²) >= 11 is 0. The fraction of sp³-hybridized carbons (Fsp3) is 0.467. The summed E-state index contributed by atoms with van der Waals surface area (Å²) in [5.41, 5.74) is 1.60. The molecule has 1 amide bonds. The van der Waals surface area contributed by atoms with Crippen LogP contribution in [0.3, 0.4) is 0 Å². The molecule has 2 aliphatic heterocycles. The molecule has 0 radical (unpaired) electrons. The average Bonchev–Trinajstić information content (AvgIpc) is 3.11. The second-order valence-electron chi connectivity index (χ2n) is 5.88. The van der Waals surface area contributed by atoms with Gasteiger partial charge in [0.05, 0.1) is 5.52 Å². The lowest BCUT2D eigenvalue weighted by Gasteiger charge is -2.16. The number of para-hydroxylation sites is 1. The molecule has 5 heteroatoms. The molecule has 4 rings (SSSR count). The van der Waals surface area contributed by atoms with Crippen molar-refractivity contribution in [2.24, 2.45) is 18.9 Å². The van der Waals surface area contributed by atoms with Crippen molar-refractivity contribution in [1.29, 1.82) is 0 Å². The van der Waals surface area contributed by atoms with Crippen molar-refractivity contribution >= 4 is 16.8 Å². The van der Waals surface area contributed by atoms with E-state index in [1.807, 2.05) is 36.2 Å². The number of rotatable bonds is 1. The molecular weight excluding hydrogens is 252 g/mol. The topological polar surface area (TPSA) is 50.2 Å². The number of nitrogens with zero attached hydrogens (tertiary/aromatic N) is 3. The predicted octanol–water partition coefficient (Wildman–Crippen LogP) is 0.865. The third-order valence-corrected chi connectivity index (χ3v) is 4.64. The van der Waals surface area contributed by atoms with E-state index >= 15 is 0 Å². The van der Waals surface area contributed by atoms with Crippen LogP contribution in [0.1, 0.15) is 10.5 Å². The van der Waals surface area contributed by atoms with E-state index in [4.69, 9.17) is 0 Å². The Hall–Kier alpha value is -1.88. The summed E-state index contributed by atoms with van der Waals surface area (Å²) < 4.78 is 1.79. The number of amides is 1. The van der Waals surface area contributed by atoms with Crippen molar-refractivity contribution < 1.29 is 4.79 Å². The molecule has 104 valence electrons. The second-order valence-corrected chi connectivity index (χ2v) is 5.88. The van der Waals surface area contributed by atoms with Crippen LogP contribution in [0.15, 0.2) is 24.3 Å². The van der Waals surface area contributed by atoms with Crippen molar-refractivity contribution in [2.75, 3.05) is 26.2 Å². The van der Waals surface area contributed by atoms with E-state index in [2.05, 4.69) is 10.4 Å². The molecule has 3 heterocycles. The number of aryl methyl sites for hydroxylation is 1. The van der Waals surface area contributed by atoms with Gasteiger partial charge in [-0.3, -0.25) is 9.48 Å². The zero-order chi connectivity index (χ0) is 13.7. The molecule has 2 aliphatic rings. The highest BCUT2D eigenvalue weighted by Gasteiger charge is 2.39. The first kappa shape index (κ1) is 11.9. The van der Waals surface area contributed by atoms with Crippen LogP contribution in [0.2, 0.25) is 0 Å². The summed E-state index contributed by atoms with van der Waals surface area (Å²) in [4.78, 5) is 14.7. The van der Waals surface area contributed by atoms with E-state index < -0.39 is 0 Å². The number of hydrogen-bond donors (Lipinski definition) is 1. The van der Waals surface area contributed by atoms with Gasteiger partial charge in [0.25, 0.3) is 5.91 Å². The van der Waals surface area contributed by atoms with E-state index in [9.17, 15) is 4.79 Å². The minimum absolute atomic E-state index is 0.0798. The smallest absolute Gasteiger partial charge is 0.275 e. The highest BCUT2D eigenvalue weighted by molar-refractivity contribution is 6.04. The molecule has 0 unspecified atom stereocenters. The lowest BCUT2D eigenvalue weighted by molar-refractivity contribution is 0.0777. The Kier molecular flexibility index (Phi) is 2.57. The molecule has 2 saturated heterocycles. The van der Waals surface area contributed by atoms with Crippen molar-refractivity contribution in [2.45, 2.75) is 0 Å². The third-order valence-electron chi connectivity index (χ3n) is 4.64. The molecule has 1 N–H and O–H groups in total. The number of aromatic nitrogens is 2. The number of carbonyl (C=O) groups is 1. The van der Waals surface area contributed by atoms with Gasteiger partial charge in [0.2, 0.25) is 0 Å². The minimum atomic E-state index is 0.0798. The van der Waals surface area contributed by atoms with Crippen LogP contribution in [0.4, 0.5) is 0 Å². The molecule has 0 spiro atoms. The Morgan fingerprint density at radius 3 is 2.70 bits per heavy atom. The molecule has 2 atom stereocenters. The van der Waals surface area contributed by atoms with E-state index in [1.165, 1.54) is 0 Å². The van der Waals surface area contributed by atoms with E-state index in [1.54, 1.807) is 4.68 Å². The van der Waals surface area contributed by atoms with Gasteiger partial charge in [-0.25, -0.2) is 0 Å². The average molecular weight is 270 g/mol. The quantitative estimate of drug-likeness (QED) is 0.836. The van der Waals surface area contributed by atoms with Gasteiger partial charge < -0.3 is 10.2 Å². The fourth-order valence-electron chi connectivity index (χ4n) is 3.54. The Morgan fingerprint density at radius 2 is 1.95 bits per heavy atom. The standard InChI is InChI=1S/C15H18N4O/c1-18-13-5-3-2-4-12(13)14(17-18)15(20)19-8-10-6-16-7-11(10)9-19/h2-5,10-11,16H,6-9H2,1H3/t10-,11+. The summed E-state index contributed by atoms with van der Waals surface area (Å²) in [7, 11) is 1.89.